The minimum absolute atomic E-state index is 0.0937. The maximum Gasteiger partial charge on any atom is 0.251 e. The van der Waals surface area contributed by atoms with Crippen LogP contribution in [-0.4, -0.2) is 43.0 Å². The Morgan fingerprint density at radius 3 is 2.65 bits per heavy atom. The molecule has 0 radical (unpaired) electrons. The molecule has 0 aliphatic heterocycles. The third-order valence-corrected chi connectivity index (χ3v) is 3.51. The van der Waals surface area contributed by atoms with Crippen molar-refractivity contribution in [1.82, 2.24) is 15.2 Å². The summed E-state index contributed by atoms with van der Waals surface area (Å²) in [6.07, 6.45) is 1.63. The van der Waals surface area contributed by atoms with E-state index in [1.165, 1.54) is 0 Å². The fraction of sp³-hybridized carbons (Fsp3) is 0.294. The van der Waals surface area contributed by atoms with E-state index in [2.05, 4.69) is 15.6 Å². The Balaban J connectivity index is 1.91. The van der Waals surface area contributed by atoms with Gasteiger partial charge in [0.15, 0.2) is 0 Å². The second-order valence-corrected chi connectivity index (χ2v) is 5.91. The predicted octanol–water partition coefficient (Wildman–Crippen LogP) is 2.64. The van der Waals surface area contributed by atoms with Gasteiger partial charge in [-0.1, -0.05) is 23.7 Å². The molecule has 2 N–H and O–H groups in total. The molecule has 2 rings (SSSR count). The molecule has 0 saturated carbocycles. The molecule has 23 heavy (non-hydrogen) atoms. The van der Waals surface area contributed by atoms with Crippen molar-refractivity contribution < 1.29 is 4.79 Å². The number of aromatic nitrogens is 1. The molecule has 6 heteroatoms. The summed E-state index contributed by atoms with van der Waals surface area (Å²) in [6, 6.07) is 11.1. The molecule has 0 spiro atoms. The van der Waals surface area contributed by atoms with Crippen LogP contribution >= 0.6 is 11.6 Å². The highest BCUT2D eigenvalue weighted by Crippen LogP contribution is 2.12. The van der Waals surface area contributed by atoms with E-state index in [4.69, 9.17) is 11.6 Å². The highest BCUT2D eigenvalue weighted by atomic mass is 35.5. The zero-order valence-electron chi connectivity index (χ0n) is 13.3. The van der Waals surface area contributed by atoms with Gasteiger partial charge < -0.3 is 15.5 Å². The van der Waals surface area contributed by atoms with E-state index in [9.17, 15) is 4.79 Å². The van der Waals surface area contributed by atoms with Crippen molar-refractivity contribution in [1.29, 1.82) is 0 Å². The Morgan fingerprint density at radius 2 is 1.96 bits per heavy atom. The Bertz CT molecular complexity index is 643. The van der Waals surface area contributed by atoms with Crippen LogP contribution in [0.1, 0.15) is 15.9 Å². The van der Waals surface area contributed by atoms with E-state index in [0.717, 1.165) is 12.1 Å². The third-order valence-electron chi connectivity index (χ3n) is 3.25. The first-order chi connectivity index (χ1) is 11.0. The molecule has 0 bridgehead atoms. The zero-order valence-corrected chi connectivity index (χ0v) is 14.1. The van der Waals surface area contributed by atoms with Gasteiger partial charge in [-0.05, 0) is 43.9 Å². The first-order valence-electron chi connectivity index (χ1n) is 7.42. The molecule has 122 valence electrons. The number of anilines is 1. The maximum atomic E-state index is 12.1. The second kappa shape index (κ2) is 8.50. The van der Waals surface area contributed by atoms with E-state index in [1.807, 2.05) is 43.3 Å². The zero-order chi connectivity index (χ0) is 16.7. The highest BCUT2D eigenvalue weighted by Gasteiger charge is 2.06. The van der Waals surface area contributed by atoms with Crippen LogP contribution in [0.2, 0.25) is 5.02 Å². The van der Waals surface area contributed by atoms with Crippen molar-refractivity contribution in [3.05, 3.63) is 58.7 Å². The van der Waals surface area contributed by atoms with Crippen LogP contribution in [-0.2, 0) is 6.54 Å². The first-order valence-corrected chi connectivity index (χ1v) is 7.79. The molecule has 1 aromatic heterocycles. The lowest BCUT2D eigenvalue weighted by atomic mass is 10.2. The number of benzene rings is 1. The minimum atomic E-state index is -0.0937. The van der Waals surface area contributed by atoms with Crippen LogP contribution in [0.3, 0.4) is 0 Å². The average molecular weight is 333 g/mol. The highest BCUT2D eigenvalue weighted by molar-refractivity contribution is 6.30. The molecular weight excluding hydrogens is 312 g/mol. The van der Waals surface area contributed by atoms with Gasteiger partial charge in [0.05, 0.1) is 0 Å². The van der Waals surface area contributed by atoms with Crippen molar-refractivity contribution in [2.45, 2.75) is 6.54 Å². The van der Waals surface area contributed by atoms with Crippen molar-refractivity contribution in [3.63, 3.8) is 0 Å². The van der Waals surface area contributed by atoms with E-state index >= 15 is 0 Å². The Hall–Kier alpha value is -2.11. The van der Waals surface area contributed by atoms with Gasteiger partial charge in [-0.15, -0.1) is 0 Å². The van der Waals surface area contributed by atoms with Crippen LogP contribution in [0.15, 0.2) is 42.6 Å². The summed E-state index contributed by atoms with van der Waals surface area (Å²) in [5.41, 5.74) is 1.69. The van der Waals surface area contributed by atoms with Crippen molar-refractivity contribution >= 4 is 23.3 Å². The van der Waals surface area contributed by atoms with Crippen LogP contribution in [0.25, 0.3) is 0 Å². The standard InChI is InChI=1S/C17H21ClN4O/c1-22(2)10-9-20-17(23)14-7-8-19-16(11-14)21-12-13-3-5-15(18)6-4-13/h3-8,11H,9-10,12H2,1-2H3,(H,19,21)(H,20,23). The molecule has 0 aliphatic rings. The molecule has 1 amide bonds. The number of likely N-dealkylation sites (N-methyl/N-ethyl adjacent to an activating group) is 1. The number of rotatable bonds is 7. The number of nitrogens with one attached hydrogen (secondary N) is 2. The number of pyridine rings is 1. The van der Waals surface area contributed by atoms with Crippen LogP contribution in [0, 0.1) is 0 Å². The van der Waals surface area contributed by atoms with Crippen molar-refractivity contribution in [2.75, 3.05) is 32.5 Å². The van der Waals surface area contributed by atoms with Gasteiger partial charge in [0.2, 0.25) is 0 Å². The number of carbonyl (C=O) groups excluding carboxylic acids is 1. The number of halogens is 1. The van der Waals surface area contributed by atoms with Crippen LogP contribution < -0.4 is 10.6 Å². The maximum absolute atomic E-state index is 12.1. The molecule has 0 fully saturated rings. The summed E-state index contributed by atoms with van der Waals surface area (Å²) < 4.78 is 0. The van der Waals surface area contributed by atoms with Crippen molar-refractivity contribution in [2.24, 2.45) is 0 Å². The largest absolute Gasteiger partial charge is 0.366 e. The van der Waals surface area contributed by atoms with E-state index in [1.54, 1.807) is 18.3 Å². The third kappa shape index (κ3) is 5.88. The quantitative estimate of drug-likeness (QED) is 0.818. The summed E-state index contributed by atoms with van der Waals surface area (Å²) in [6.45, 7) is 2.04. The van der Waals surface area contributed by atoms with Gasteiger partial charge in [0.25, 0.3) is 5.91 Å². The molecule has 2 aromatic rings. The van der Waals surface area contributed by atoms with Gasteiger partial charge in [-0.3, -0.25) is 4.79 Å². The minimum Gasteiger partial charge on any atom is -0.366 e. The molecule has 1 heterocycles. The molecular formula is C17H21ClN4O. The average Bonchev–Trinajstić information content (AvgIpc) is 2.54. The van der Waals surface area contributed by atoms with Gasteiger partial charge in [-0.25, -0.2) is 4.98 Å². The number of carbonyl (C=O) groups is 1. The summed E-state index contributed by atoms with van der Waals surface area (Å²) >= 11 is 5.87. The summed E-state index contributed by atoms with van der Waals surface area (Å²) in [5.74, 6) is 0.573. The van der Waals surface area contributed by atoms with Gasteiger partial charge >= 0.3 is 0 Å². The topological polar surface area (TPSA) is 57.3 Å². The Morgan fingerprint density at radius 1 is 1.22 bits per heavy atom. The van der Waals surface area contributed by atoms with Crippen molar-refractivity contribution in [3.8, 4) is 0 Å². The fourth-order valence-corrected chi connectivity index (χ4v) is 2.08. The van der Waals surface area contributed by atoms with E-state index in [-0.39, 0.29) is 5.91 Å². The van der Waals surface area contributed by atoms with Gasteiger partial charge in [-0.2, -0.15) is 0 Å². The molecule has 0 saturated heterocycles. The lowest BCUT2D eigenvalue weighted by Crippen LogP contribution is -2.31. The molecule has 0 unspecified atom stereocenters. The van der Waals surface area contributed by atoms with E-state index < -0.39 is 0 Å². The summed E-state index contributed by atoms with van der Waals surface area (Å²) in [7, 11) is 3.94. The van der Waals surface area contributed by atoms with Crippen LogP contribution in [0.5, 0.6) is 0 Å². The number of hydrogen-bond donors (Lipinski definition) is 2. The van der Waals surface area contributed by atoms with Gasteiger partial charge in [0, 0.05) is 36.4 Å². The number of amides is 1. The number of hydrogen-bond acceptors (Lipinski definition) is 4. The summed E-state index contributed by atoms with van der Waals surface area (Å²) in [4.78, 5) is 18.3. The first kappa shape index (κ1) is 17.2. The lowest BCUT2D eigenvalue weighted by molar-refractivity contribution is 0.0951. The molecule has 1 aromatic carbocycles. The summed E-state index contributed by atoms with van der Waals surface area (Å²) in [5, 5.41) is 6.81. The Kier molecular flexibility index (Phi) is 6.38. The van der Waals surface area contributed by atoms with Gasteiger partial charge in [0.1, 0.15) is 5.82 Å². The normalized spacial score (nSPS) is 10.6. The fourth-order valence-electron chi connectivity index (χ4n) is 1.96. The SMILES string of the molecule is CN(C)CCNC(=O)c1ccnc(NCc2ccc(Cl)cc2)c1. The Labute approximate surface area is 141 Å². The predicted molar refractivity (Wildman–Crippen MR) is 93.9 cm³/mol. The smallest absolute Gasteiger partial charge is 0.251 e. The monoisotopic (exact) mass is 332 g/mol. The van der Waals surface area contributed by atoms with Crippen LogP contribution in [0.4, 0.5) is 5.82 Å². The molecule has 0 atom stereocenters. The number of nitrogens with zero attached hydrogens (tertiary/aromatic N) is 2. The van der Waals surface area contributed by atoms with E-state index in [0.29, 0.717) is 29.5 Å². The second-order valence-electron chi connectivity index (χ2n) is 5.47. The lowest BCUT2D eigenvalue weighted by Gasteiger charge is -2.11. The molecule has 0 aliphatic carbocycles. The molecule has 5 nitrogen and oxygen atoms in total.